The number of allylic oxidation sites excluding steroid dienone is 7. The van der Waals surface area contributed by atoms with E-state index in [0.29, 0.717) is 18.4 Å². The molecule has 9 rings (SSSR count). The first-order valence-electron chi connectivity index (χ1n) is 19.6. The normalized spacial score (nSPS) is 21.7. The van der Waals surface area contributed by atoms with E-state index in [4.69, 9.17) is 0 Å². The Bertz CT molecular complexity index is 2560. The fourth-order valence-corrected chi connectivity index (χ4v) is 10.3. The molecule has 4 atom stereocenters. The zero-order chi connectivity index (χ0) is 37.6. The predicted molar refractivity (Wildman–Crippen MR) is 236 cm³/mol. The van der Waals surface area contributed by atoms with Gasteiger partial charge in [-0.2, -0.15) is 0 Å². The van der Waals surface area contributed by atoms with Crippen LogP contribution in [0.5, 0.6) is 0 Å². The molecule has 0 bridgehead atoms. The van der Waals surface area contributed by atoms with E-state index in [1.807, 2.05) is 0 Å². The van der Waals surface area contributed by atoms with Crippen molar-refractivity contribution in [2.45, 2.75) is 58.0 Å². The van der Waals surface area contributed by atoms with Gasteiger partial charge in [-0.1, -0.05) is 104 Å². The van der Waals surface area contributed by atoms with Crippen LogP contribution in [0.1, 0.15) is 61.1 Å². The summed E-state index contributed by atoms with van der Waals surface area (Å²) in [6, 6.07) is 33.3. The molecule has 3 nitrogen and oxygen atoms in total. The third-order valence-electron chi connectivity index (χ3n) is 12.0. The summed E-state index contributed by atoms with van der Waals surface area (Å²) in [6.07, 6.45) is 25.0. The molecule has 4 heteroatoms. The largest absolute Gasteiger partial charge is 0.334 e. The van der Waals surface area contributed by atoms with E-state index in [0.717, 1.165) is 61.3 Å². The standard InChI is InChI=1S/C51H46N2OS/c1-5-12-45-33(4)41-14-8-10-16-47(41)52(45)38-27-20-36(21-28-38)37-24-31-50-44(32-37)51(54)43-29-22-35(23-30-49(43)55-50)34-18-25-39(26-19-34)53-46(13-6-2)40(7-3)42-15-9-11-17-48(42)53/h5-7,9-13,15-28,30-33,40,45-46H,3,8,14,29H2,1-2,4H3/b12-5-,13-6-/t33?,40?,45-,46+/m0/s1. The fraction of sp³-hybridized carbons (Fsp3) is 0.196. The van der Waals surface area contributed by atoms with Crippen molar-refractivity contribution in [3.63, 3.8) is 0 Å². The van der Waals surface area contributed by atoms with E-state index in [9.17, 15) is 4.79 Å². The topological polar surface area (TPSA) is 23.6 Å². The number of rotatable bonds is 7. The van der Waals surface area contributed by atoms with Gasteiger partial charge in [0, 0.05) is 55.1 Å². The summed E-state index contributed by atoms with van der Waals surface area (Å²) < 4.78 is 1.02. The summed E-state index contributed by atoms with van der Waals surface area (Å²) in [7, 11) is 0. The Morgan fingerprint density at radius 3 is 2.25 bits per heavy atom. The molecule has 4 aromatic carbocycles. The number of hydrogen-bond acceptors (Lipinski definition) is 4. The van der Waals surface area contributed by atoms with Gasteiger partial charge in [-0.3, -0.25) is 4.79 Å². The average molecular weight is 735 g/mol. The highest BCUT2D eigenvalue weighted by Crippen LogP contribution is 2.47. The van der Waals surface area contributed by atoms with Crippen LogP contribution in [0, 0.1) is 5.92 Å². The van der Waals surface area contributed by atoms with Gasteiger partial charge in [0.15, 0.2) is 5.43 Å². The van der Waals surface area contributed by atoms with E-state index in [1.54, 1.807) is 16.9 Å². The van der Waals surface area contributed by atoms with Crippen LogP contribution in [0.4, 0.5) is 17.1 Å². The Balaban J connectivity index is 0.981. The van der Waals surface area contributed by atoms with Crippen LogP contribution in [-0.4, -0.2) is 12.1 Å². The van der Waals surface area contributed by atoms with E-state index in [2.05, 4.69) is 189 Å². The van der Waals surface area contributed by atoms with E-state index >= 15 is 0 Å². The molecule has 0 fully saturated rings. The summed E-state index contributed by atoms with van der Waals surface area (Å²) in [5.74, 6) is 0.721. The molecule has 272 valence electrons. The Kier molecular flexibility index (Phi) is 9.23. The fourth-order valence-electron chi connectivity index (χ4n) is 9.24. The Morgan fingerprint density at radius 2 is 1.49 bits per heavy atom. The minimum absolute atomic E-state index is 0.128. The number of hydrogen-bond donors (Lipinski definition) is 0. The van der Waals surface area contributed by atoms with E-state index in [1.165, 1.54) is 22.6 Å². The van der Waals surface area contributed by atoms with Crippen molar-refractivity contribution in [2.75, 3.05) is 9.80 Å². The zero-order valence-electron chi connectivity index (χ0n) is 31.8. The van der Waals surface area contributed by atoms with Crippen molar-refractivity contribution in [1.82, 2.24) is 0 Å². The third kappa shape index (κ3) is 6.00. The summed E-state index contributed by atoms with van der Waals surface area (Å²) in [5.41, 5.74) is 13.3. The maximum Gasteiger partial charge on any atom is 0.192 e. The summed E-state index contributed by atoms with van der Waals surface area (Å²) in [5, 5.41) is 0.794. The van der Waals surface area contributed by atoms with Crippen molar-refractivity contribution < 1.29 is 0 Å². The number of nitrogens with zero attached hydrogens (tertiary/aromatic N) is 2. The van der Waals surface area contributed by atoms with Crippen LogP contribution in [0.15, 0.2) is 168 Å². The van der Waals surface area contributed by atoms with Gasteiger partial charge in [0.25, 0.3) is 0 Å². The third-order valence-corrected chi connectivity index (χ3v) is 13.2. The Morgan fingerprint density at radius 1 is 0.782 bits per heavy atom. The molecule has 2 aliphatic carbocycles. The SMILES string of the molecule is C=CC1c2ccccc2N(c2ccc(C3=CCc4c(sc5ccc(-c6ccc(N7C8=C(CCC=C8)C(C)[C@@H]7/C=C\C)cc6)cc5c4=O)C=C3)cc2)[C@@H]1/C=C\C. The molecule has 55 heavy (non-hydrogen) atoms. The number of benzene rings is 4. The van der Waals surface area contributed by atoms with Crippen LogP contribution >= 0.6 is 11.3 Å². The quantitative estimate of drug-likeness (QED) is 0.156. The van der Waals surface area contributed by atoms with Crippen molar-refractivity contribution in [2.24, 2.45) is 5.92 Å². The van der Waals surface area contributed by atoms with Crippen molar-refractivity contribution >= 4 is 50.1 Å². The summed E-state index contributed by atoms with van der Waals surface area (Å²) in [4.78, 5) is 20.1. The smallest absolute Gasteiger partial charge is 0.192 e. The van der Waals surface area contributed by atoms with Crippen LogP contribution in [0.25, 0.3) is 32.9 Å². The predicted octanol–water partition coefficient (Wildman–Crippen LogP) is 13.0. The van der Waals surface area contributed by atoms with Gasteiger partial charge in [-0.05, 0) is 121 Å². The van der Waals surface area contributed by atoms with Gasteiger partial charge in [-0.25, -0.2) is 0 Å². The Hall–Kier alpha value is -5.71. The highest BCUT2D eigenvalue weighted by atomic mass is 32.1. The van der Waals surface area contributed by atoms with E-state index in [-0.39, 0.29) is 17.4 Å². The lowest BCUT2D eigenvalue weighted by Gasteiger charge is -2.29. The second-order valence-electron chi connectivity index (χ2n) is 15.0. The molecule has 4 aliphatic rings. The van der Waals surface area contributed by atoms with E-state index < -0.39 is 0 Å². The monoisotopic (exact) mass is 734 g/mol. The second kappa shape index (κ2) is 14.5. The van der Waals surface area contributed by atoms with Crippen LogP contribution in [0.3, 0.4) is 0 Å². The van der Waals surface area contributed by atoms with Gasteiger partial charge in [0.2, 0.25) is 0 Å². The molecule has 1 aromatic heterocycles. The number of para-hydroxylation sites is 1. The average Bonchev–Trinajstić information content (AvgIpc) is 3.58. The summed E-state index contributed by atoms with van der Waals surface area (Å²) in [6.45, 7) is 10.7. The summed E-state index contributed by atoms with van der Waals surface area (Å²) >= 11 is 1.71. The molecule has 2 unspecified atom stereocenters. The van der Waals surface area contributed by atoms with Gasteiger partial charge in [0.05, 0.1) is 12.1 Å². The molecular formula is C51H46N2OS. The molecule has 2 aliphatic heterocycles. The highest BCUT2D eigenvalue weighted by molar-refractivity contribution is 7.19. The molecule has 0 N–H and O–H groups in total. The van der Waals surface area contributed by atoms with Crippen LogP contribution < -0.4 is 15.2 Å². The van der Waals surface area contributed by atoms with Gasteiger partial charge in [-0.15, -0.1) is 17.9 Å². The Labute approximate surface area is 329 Å². The first-order valence-corrected chi connectivity index (χ1v) is 20.4. The molecule has 0 saturated carbocycles. The lowest BCUT2D eigenvalue weighted by molar-refractivity contribution is 0.607. The van der Waals surface area contributed by atoms with Crippen molar-refractivity contribution in [3.8, 4) is 11.1 Å². The lowest BCUT2D eigenvalue weighted by Crippen LogP contribution is -2.31. The molecular weight excluding hydrogens is 689 g/mol. The molecule has 3 heterocycles. The molecule has 0 saturated heterocycles. The van der Waals surface area contributed by atoms with Crippen LogP contribution in [-0.2, 0) is 6.42 Å². The first-order chi connectivity index (χ1) is 27.0. The highest BCUT2D eigenvalue weighted by Gasteiger charge is 2.37. The maximum atomic E-state index is 14.2. The number of fused-ring (bicyclic) bond motifs is 3. The van der Waals surface area contributed by atoms with Gasteiger partial charge >= 0.3 is 0 Å². The maximum absolute atomic E-state index is 14.2. The van der Waals surface area contributed by atoms with Crippen molar-refractivity contribution in [1.29, 1.82) is 0 Å². The molecule has 0 amide bonds. The number of anilines is 3. The molecule has 0 radical (unpaired) electrons. The minimum atomic E-state index is 0.128. The van der Waals surface area contributed by atoms with Gasteiger partial charge in [0.1, 0.15) is 0 Å². The van der Waals surface area contributed by atoms with Crippen LogP contribution in [0.2, 0.25) is 0 Å². The van der Waals surface area contributed by atoms with Crippen molar-refractivity contribution in [3.05, 3.63) is 195 Å². The lowest BCUT2D eigenvalue weighted by atomic mass is 9.91. The minimum Gasteiger partial charge on any atom is -0.334 e. The second-order valence-corrected chi connectivity index (χ2v) is 16.1. The van der Waals surface area contributed by atoms with Gasteiger partial charge < -0.3 is 9.80 Å². The molecule has 0 spiro atoms. The first kappa shape index (κ1) is 35.0. The zero-order valence-corrected chi connectivity index (χ0v) is 32.6. The molecule has 5 aromatic rings.